The summed E-state index contributed by atoms with van der Waals surface area (Å²) in [5.74, 6) is 5.02. The van der Waals surface area contributed by atoms with Gasteiger partial charge in [0.15, 0.2) is 0 Å². The van der Waals surface area contributed by atoms with Crippen molar-refractivity contribution in [1.29, 1.82) is 0 Å². The predicted octanol–water partition coefficient (Wildman–Crippen LogP) is 3.25. The summed E-state index contributed by atoms with van der Waals surface area (Å²) < 4.78 is 18.4. The standard InChI is InChI=1S/C13H11ClFN3O3/c14-10-6-9(2-3-11(10)15)21-7-8-1-4-12(17-16)13(5-8)18(19)20/h1-6,17H,7,16H2. The van der Waals surface area contributed by atoms with Crippen LogP contribution in [0.15, 0.2) is 36.4 Å². The molecule has 0 aromatic heterocycles. The average molecular weight is 312 g/mol. The molecule has 0 aliphatic heterocycles. The number of rotatable bonds is 5. The van der Waals surface area contributed by atoms with Crippen LogP contribution in [0.3, 0.4) is 0 Å². The van der Waals surface area contributed by atoms with Crippen LogP contribution in [0.1, 0.15) is 5.56 Å². The van der Waals surface area contributed by atoms with E-state index < -0.39 is 10.7 Å². The lowest BCUT2D eigenvalue weighted by molar-refractivity contribution is -0.384. The highest BCUT2D eigenvalue weighted by Gasteiger charge is 2.14. The largest absolute Gasteiger partial charge is 0.489 e. The number of nitro groups is 1. The molecule has 0 fully saturated rings. The number of benzene rings is 2. The van der Waals surface area contributed by atoms with E-state index in [1.54, 1.807) is 6.07 Å². The Balaban J connectivity index is 2.14. The van der Waals surface area contributed by atoms with Crippen LogP contribution in [-0.4, -0.2) is 4.92 Å². The highest BCUT2D eigenvalue weighted by atomic mass is 35.5. The third-order valence-corrected chi connectivity index (χ3v) is 3.00. The summed E-state index contributed by atoms with van der Waals surface area (Å²) in [6.45, 7) is 0.0770. The van der Waals surface area contributed by atoms with Crippen molar-refractivity contribution < 1.29 is 14.1 Å². The van der Waals surface area contributed by atoms with Crippen LogP contribution >= 0.6 is 11.6 Å². The fourth-order valence-corrected chi connectivity index (χ4v) is 1.84. The number of halogens is 2. The van der Waals surface area contributed by atoms with Crippen molar-refractivity contribution in [3.8, 4) is 5.75 Å². The van der Waals surface area contributed by atoms with E-state index >= 15 is 0 Å². The molecule has 21 heavy (non-hydrogen) atoms. The molecule has 6 nitrogen and oxygen atoms in total. The van der Waals surface area contributed by atoms with Crippen molar-refractivity contribution in [1.82, 2.24) is 0 Å². The van der Waals surface area contributed by atoms with Gasteiger partial charge in [-0.15, -0.1) is 0 Å². The van der Waals surface area contributed by atoms with Gasteiger partial charge >= 0.3 is 0 Å². The first-order valence-corrected chi connectivity index (χ1v) is 6.21. The Morgan fingerprint density at radius 1 is 1.33 bits per heavy atom. The lowest BCUT2D eigenvalue weighted by atomic mass is 10.2. The molecule has 0 atom stereocenters. The Morgan fingerprint density at radius 2 is 2.10 bits per heavy atom. The molecular weight excluding hydrogens is 301 g/mol. The topological polar surface area (TPSA) is 90.4 Å². The van der Waals surface area contributed by atoms with Crippen LogP contribution in [0.5, 0.6) is 5.75 Å². The maximum Gasteiger partial charge on any atom is 0.294 e. The molecular formula is C13H11ClFN3O3. The van der Waals surface area contributed by atoms with E-state index in [0.29, 0.717) is 11.3 Å². The fourth-order valence-electron chi connectivity index (χ4n) is 1.67. The molecule has 0 amide bonds. The third kappa shape index (κ3) is 3.59. The molecule has 0 radical (unpaired) electrons. The van der Waals surface area contributed by atoms with E-state index in [1.165, 1.54) is 30.3 Å². The second-order valence-electron chi connectivity index (χ2n) is 4.12. The molecule has 0 aliphatic rings. The number of anilines is 1. The van der Waals surface area contributed by atoms with Crippen LogP contribution in [-0.2, 0) is 6.61 Å². The second-order valence-corrected chi connectivity index (χ2v) is 4.52. The number of hydrogen-bond acceptors (Lipinski definition) is 5. The lowest BCUT2D eigenvalue weighted by Gasteiger charge is -2.08. The summed E-state index contributed by atoms with van der Waals surface area (Å²) >= 11 is 5.64. The van der Waals surface area contributed by atoms with Gasteiger partial charge in [-0.2, -0.15) is 0 Å². The number of nitrogens with zero attached hydrogens (tertiary/aromatic N) is 1. The van der Waals surface area contributed by atoms with Gasteiger partial charge < -0.3 is 10.2 Å². The van der Waals surface area contributed by atoms with Crippen molar-refractivity contribution in [2.24, 2.45) is 5.84 Å². The highest BCUT2D eigenvalue weighted by molar-refractivity contribution is 6.30. The van der Waals surface area contributed by atoms with Gasteiger partial charge in [0.1, 0.15) is 23.9 Å². The van der Waals surface area contributed by atoms with Gasteiger partial charge in [-0.3, -0.25) is 16.0 Å². The zero-order chi connectivity index (χ0) is 15.4. The van der Waals surface area contributed by atoms with Crippen molar-refractivity contribution >= 4 is 23.0 Å². The Labute approximate surface area is 124 Å². The van der Waals surface area contributed by atoms with Crippen molar-refractivity contribution in [2.75, 3.05) is 5.43 Å². The molecule has 2 aromatic rings. The quantitative estimate of drug-likeness (QED) is 0.502. The van der Waals surface area contributed by atoms with Gasteiger partial charge in [0, 0.05) is 12.1 Å². The lowest BCUT2D eigenvalue weighted by Crippen LogP contribution is -2.09. The van der Waals surface area contributed by atoms with Crippen molar-refractivity contribution in [3.63, 3.8) is 0 Å². The number of nitrogens with one attached hydrogen (secondary N) is 1. The van der Waals surface area contributed by atoms with E-state index in [4.69, 9.17) is 22.2 Å². The molecule has 3 N–H and O–H groups in total. The first-order valence-electron chi connectivity index (χ1n) is 5.83. The number of nitro benzene ring substituents is 1. The van der Waals surface area contributed by atoms with E-state index in [1.807, 2.05) is 0 Å². The number of hydrazine groups is 1. The fraction of sp³-hybridized carbons (Fsp3) is 0.0769. The molecule has 2 aromatic carbocycles. The molecule has 0 heterocycles. The highest BCUT2D eigenvalue weighted by Crippen LogP contribution is 2.26. The Kier molecular flexibility index (Phi) is 4.56. The van der Waals surface area contributed by atoms with Gasteiger partial charge in [-0.25, -0.2) is 4.39 Å². The van der Waals surface area contributed by atoms with Crippen LogP contribution in [0.4, 0.5) is 15.8 Å². The van der Waals surface area contributed by atoms with Crippen LogP contribution in [0.2, 0.25) is 5.02 Å². The van der Waals surface area contributed by atoms with Crippen LogP contribution < -0.4 is 16.0 Å². The summed E-state index contributed by atoms with van der Waals surface area (Å²) in [6.07, 6.45) is 0. The Bertz CT molecular complexity index is 682. The molecule has 0 aliphatic carbocycles. The maximum absolute atomic E-state index is 13.0. The van der Waals surface area contributed by atoms with E-state index in [2.05, 4.69) is 5.43 Å². The average Bonchev–Trinajstić information content (AvgIpc) is 2.48. The summed E-state index contributed by atoms with van der Waals surface area (Å²) in [4.78, 5) is 10.4. The Morgan fingerprint density at radius 3 is 2.71 bits per heavy atom. The van der Waals surface area contributed by atoms with E-state index in [9.17, 15) is 14.5 Å². The zero-order valence-corrected chi connectivity index (χ0v) is 11.4. The zero-order valence-electron chi connectivity index (χ0n) is 10.7. The first kappa shape index (κ1) is 15.0. The molecule has 0 spiro atoms. The maximum atomic E-state index is 13.0. The summed E-state index contributed by atoms with van der Waals surface area (Å²) in [6, 6.07) is 8.40. The minimum atomic E-state index is -0.548. The number of hydrogen-bond donors (Lipinski definition) is 2. The second kappa shape index (κ2) is 6.38. The van der Waals surface area contributed by atoms with Gasteiger partial charge in [-0.1, -0.05) is 17.7 Å². The van der Waals surface area contributed by atoms with E-state index in [0.717, 1.165) is 0 Å². The minimum Gasteiger partial charge on any atom is -0.489 e. The van der Waals surface area contributed by atoms with Crippen LogP contribution in [0, 0.1) is 15.9 Å². The number of ether oxygens (including phenoxy) is 1. The molecule has 0 saturated heterocycles. The summed E-state index contributed by atoms with van der Waals surface area (Å²) in [5.41, 5.74) is 2.87. The minimum absolute atomic E-state index is 0.0545. The molecule has 2 rings (SSSR count). The van der Waals surface area contributed by atoms with Gasteiger partial charge in [-0.05, 0) is 23.8 Å². The molecule has 0 saturated carbocycles. The normalized spacial score (nSPS) is 10.2. The number of nitrogen functional groups attached to an aromatic ring is 1. The van der Waals surface area contributed by atoms with E-state index in [-0.39, 0.29) is 23.0 Å². The SMILES string of the molecule is NNc1ccc(COc2ccc(F)c(Cl)c2)cc1[N+](=O)[O-]. The van der Waals surface area contributed by atoms with Gasteiger partial charge in [0.05, 0.1) is 9.95 Å². The summed E-state index contributed by atoms with van der Waals surface area (Å²) in [5, 5.41) is 10.8. The van der Waals surface area contributed by atoms with Crippen LogP contribution in [0.25, 0.3) is 0 Å². The molecule has 8 heteroatoms. The smallest absolute Gasteiger partial charge is 0.294 e. The first-order chi connectivity index (χ1) is 10.0. The molecule has 110 valence electrons. The monoisotopic (exact) mass is 311 g/mol. The summed E-state index contributed by atoms with van der Waals surface area (Å²) in [7, 11) is 0. The number of nitrogens with two attached hydrogens (primary N) is 1. The Hall–Kier alpha value is -2.38. The molecule has 0 unspecified atom stereocenters. The van der Waals surface area contributed by atoms with Crippen molar-refractivity contribution in [3.05, 3.63) is 62.9 Å². The molecule has 0 bridgehead atoms. The van der Waals surface area contributed by atoms with Gasteiger partial charge in [0.25, 0.3) is 5.69 Å². The van der Waals surface area contributed by atoms with Crippen molar-refractivity contribution in [2.45, 2.75) is 6.61 Å². The van der Waals surface area contributed by atoms with Gasteiger partial charge in [0.2, 0.25) is 0 Å². The predicted molar refractivity (Wildman–Crippen MR) is 76.6 cm³/mol. The third-order valence-electron chi connectivity index (χ3n) is 2.71.